The molecule has 0 radical (unpaired) electrons. The lowest BCUT2D eigenvalue weighted by molar-refractivity contribution is 0.281. The molecule has 0 atom stereocenters. The van der Waals surface area contributed by atoms with Crippen LogP contribution in [0.1, 0.15) is 61.4 Å². The maximum Gasteiger partial charge on any atom is 0.229 e. The van der Waals surface area contributed by atoms with Gasteiger partial charge in [0, 0.05) is 24.9 Å². The highest BCUT2D eigenvalue weighted by Crippen LogP contribution is 2.32. The summed E-state index contributed by atoms with van der Waals surface area (Å²) < 4.78 is 7.25. The van der Waals surface area contributed by atoms with Crippen LogP contribution in [-0.2, 0) is 19.5 Å². The van der Waals surface area contributed by atoms with Gasteiger partial charge in [-0.05, 0) is 36.8 Å². The molecule has 1 aromatic carbocycles. The molecule has 0 bridgehead atoms. The second-order valence-corrected chi connectivity index (χ2v) is 7.24. The zero-order chi connectivity index (χ0) is 18.5. The number of aryl methyl sites for hydroxylation is 1. The van der Waals surface area contributed by atoms with Gasteiger partial charge < -0.3 is 9.84 Å². The SMILES string of the molecule is CCc1noc(C2CCC(NCc3ccc(Cn4cncn4)cc3)CC2)n1. The number of hydrogen-bond acceptors (Lipinski definition) is 6. The highest BCUT2D eigenvalue weighted by atomic mass is 16.5. The molecule has 142 valence electrons. The lowest BCUT2D eigenvalue weighted by Gasteiger charge is -2.27. The van der Waals surface area contributed by atoms with Gasteiger partial charge in [0.2, 0.25) is 5.89 Å². The Morgan fingerprint density at radius 2 is 1.89 bits per heavy atom. The molecule has 2 aromatic heterocycles. The zero-order valence-electron chi connectivity index (χ0n) is 15.7. The first-order chi connectivity index (χ1) is 13.3. The van der Waals surface area contributed by atoms with Crippen molar-refractivity contribution in [2.75, 3.05) is 0 Å². The Hall–Kier alpha value is -2.54. The molecule has 0 saturated heterocycles. The smallest absolute Gasteiger partial charge is 0.229 e. The molecular formula is C20H26N6O. The summed E-state index contributed by atoms with van der Waals surface area (Å²) in [5.41, 5.74) is 2.54. The molecule has 1 N–H and O–H groups in total. The van der Waals surface area contributed by atoms with Gasteiger partial charge >= 0.3 is 0 Å². The van der Waals surface area contributed by atoms with Gasteiger partial charge in [0.15, 0.2) is 5.82 Å². The Labute approximate surface area is 159 Å². The molecule has 3 aromatic rings. The Morgan fingerprint density at radius 1 is 1.11 bits per heavy atom. The average Bonchev–Trinajstić information content (AvgIpc) is 3.40. The van der Waals surface area contributed by atoms with Crippen LogP contribution in [0.2, 0.25) is 0 Å². The van der Waals surface area contributed by atoms with E-state index in [1.165, 1.54) is 11.1 Å². The third-order valence-electron chi connectivity index (χ3n) is 5.31. The van der Waals surface area contributed by atoms with Crippen LogP contribution in [-0.4, -0.2) is 30.9 Å². The molecule has 0 aliphatic heterocycles. The molecule has 27 heavy (non-hydrogen) atoms. The maximum atomic E-state index is 5.42. The van der Waals surface area contributed by atoms with E-state index in [1.807, 2.05) is 4.68 Å². The summed E-state index contributed by atoms with van der Waals surface area (Å²) >= 11 is 0. The minimum atomic E-state index is 0.423. The largest absolute Gasteiger partial charge is 0.339 e. The van der Waals surface area contributed by atoms with Crippen LogP contribution >= 0.6 is 0 Å². The minimum Gasteiger partial charge on any atom is -0.339 e. The number of nitrogens with zero attached hydrogens (tertiary/aromatic N) is 5. The first-order valence-electron chi connectivity index (χ1n) is 9.76. The van der Waals surface area contributed by atoms with E-state index in [0.29, 0.717) is 12.0 Å². The quantitative estimate of drug-likeness (QED) is 0.692. The second-order valence-electron chi connectivity index (χ2n) is 7.24. The normalized spacial score (nSPS) is 20.0. The van der Waals surface area contributed by atoms with Crippen LogP contribution in [0.5, 0.6) is 0 Å². The van der Waals surface area contributed by atoms with E-state index in [0.717, 1.165) is 56.9 Å². The third-order valence-corrected chi connectivity index (χ3v) is 5.31. The molecule has 2 heterocycles. The van der Waals surface area contributed by atoms with E-state index in [-0.39, 0.29) is 0 Å². The molecule has 1 saturated carbocycles. The predicted octanol–water partition coefficient (Wildman–Crippen LogP) is 3.09. The maximum absolute atomic E-state index is 5.42. The molecule has 1 aliphatic rings. The van der Waals surface area contributed by atoms with Crippen molar-refractivity contribution in [1.82, 2.24) is 30.2 Å². The summed E-state index contributed by atoms with van der Waals surface area (Å²) in [7, 11) is 0. The van der Waals surface area contributed by atoms with Crippen LogP contribution in [0.25, 0.3) is 0 Å². The highest BCUT2D eigenvalue weighted by Gasteiger charge is 2.26. The zero-order valence-corrected chi connectivity index (χ0v) is 15.7. The van der Waals surface area contributed by atoms with Crippen LogP contribution in [0.3, 0.4) is 0 Å². The van der Waals surface area contributed by atoms with Crippen LogP contribution < -0.4 is 5.32 Å². The number of rotatable bonds is 7. The van der Waals surface area contributed by atoms with Crippen molar-refractivity contribution in [3.8, 4) is 0 Å². The summed E-state index contributed by atoms with van der Waals surface area (Å²) in [5, 5.41) is 11.9. The molecule has 0 unspecified atom stereocenters. The fraction of sp³-hybridized carbons (Fsp3) is 0.500. The lowest BCUT2D eigenvalue weighted by Crippen LogP contribution is -2.32. The van der Waals surface area contributed by atoms with E-state index >= 15 is 0 Å². The molecule has 1 aliphatic carbocycles. The monoisotopic (exact) mass is 366 g/mol. The molecule has 7 nitrogen and oxygen atoms in total. The number of nitrogens with one attached hydrogen (secondary N) is 1. The second kappa shape index (κ2) is 8.43. The number of hydrogen-bond donors (Lipinski definition) is 1. The van der Waals surface area contributed by atoms with E-state index in [4.69, 9.17) is 4.52 Å². The summed E-state index contributed by atoms with van der Waals surface area (Å²) in [6, 6.07) is 9.27. The first-order valence-corrected chi connectivity index (χ1v) is 9.76. The summed E-state index contributed by atoms with van der Waals surface area (Å²) in [6.45, 7) is 3.71. The fourth-order valence-corrected chi connectivity index (χ4v) is 3.65. The number of aromatic nitrogens is 5. The topological polar surface area (TPSA) is 81.7 Å². The van der Waals surface area contributed by atoms with Crippen molar-refractivity contribution in [2.45, 2.75) is 64.1 Å². The Morgan fingerprint density at radius 3 is 2.56 bits per heavy atom. The standard InChI is InChI=1S/C20H26N6O/c1-2-19-24-20(27-25-19)17-7-9-18(10-8-17)22-11-15-3-5-16(6-4-15)12-26-14-21-13-23-26/h3-6,13-14,17-18,22H,2,7-12H2,1H3. The van der Waals surface area contributed by atoms with Gasteiger partial charge in [-0.15, -0.1) is 0 Å². The van der Waals surface area contributed by atoms with Crippen molar-refractivity contribution < 1.29 is 4.52 Å². The van der Waals surface area contributed by atoms with E-state index < -0.39 is 0 Å². The van der Waals surface area contributed by atoms with Crippen molar-refractivity contribution in [3.63, 3.8) is 0 Å². The first kappa shape index (κ1) is 17.9. The number of benzene rings is 1. The van der Waals surface area contributed by atoms with Crippen LogP contribution in [0.4, 0.5) is 0 Å². The molecular weight excluding hydrogens is 340 g/mol. The van der Waals surface area contributed by atoms with Gasteiger partial charge in [0.1, 0.15) is 12.7 Å². The van der Waals surface area contributed by atoms with Gasteiger partial charge in [-0.25, -0.2) is 9.67 Å². The van der Waals surface area contributed by atoms with Crippen molar-refractivity contribution in [2.24, 2.45) is 0 Å². The van der Waals surface area contributed by atoms with Crippen molar-refractivity contribution in [1.29, 1.82) is 0 Å². The van der Waals surface area contributed by atoms with Gasteiger partial charge in [-0.2, -0.15) is 10.1 Å². The minimum absolute atomic E-state index is 0.423. The Balaban J connectivity index is 1.22. The molecule has 0 spiro atoms. The van der Waals surface area contributed by atoms with Gasteiger partial charge in [-0.3, -0.25) is 0 Å². The summed E-state index contributed by atoms with van der Waals surface area (Å²) in [6.07, 6.45) is 8.66. The van der Waals surface area contributed by atoms with Crippen molar-refractivity contribution >= 4 is 0 Å². The lowest BCUT2D eigenvalue weighted by atomic mass is 9.86. The van der Waals surface area contributed by atoms with Crippen LogP contribution in [0, 0.1) is 0 Å². The van der Waals surface area contributed by atoms with Gasteiger partial charge in [0.05, 0.1) is 6.54 Å². The van der Waals surface area contributed by atoms with Crippen molar-refractivity contribution in [3.05, 3.63) is 59.8 Å². The van der Waals surface area contributed by atoms with Gasteiger partial charge in [0.25, 0.3) is 0 Å². The summed E-state index contributed by atoms with van der Waals surface area (Å²) in [5.74, 6) is 2.07. The third kappa shape index (κ3) is 4.60. The highest BCUT2D eigenvalue weighted by molar-refractivity contribution is 5.22. The molecule has 1 fully saturated rings. The molecule has 7 heteroatoms. The Bertz CT molecular complexity index is 819. The van der Waals surface area contributed by atoms with Crippen LogP contribution in [0.15, 0.2) is 41.4 Å². The predicted molar refractivity (Wildman–Crippen MR) is 101 cm³/mol. The van der Waals surface area contributed by atoms with E-state index in [2.05, 4.69) is 56.7 Å². The summed E-state index contributed by atoms with van der Waals surface area (Å²) in [4.78, 5) is 8.47. The molecule has 4 rings (SSSR count). The fourth-order valence-electron chi connectivity index (χ4n) is 3.65. The van der Waals surface area contributed by atoms with E-state index in [9.17, 15) is 0 Å². The molecule has 0 amide bonds. The van der Waals surface area contributed by atoms with Gasteiger partial charge in [-0.1, -0.05) is 36.3 Å². The van der Waals surface area contributed by atoms with E-state index in [1.54, 1.807) is 12.7 Å². The Kier molecular flexibility index (Phi) is 5.58. The average molecular weight is 366 g/mol.